The Morgan fingerprint density at radius 2 is 2.14 bits per heavy atom. The number of nitrogens with two attached hydrogens (primary N) is 1. The van der Waals surface area contributed by atoms with E-state index in [-0.39, 0.29) is 23.2 Å². The number of hydrazone groups is 1. The highest BCUT2D eigenvalue weighted by molar-refractivity contribution is 7.80. The van der Waals surface area contributed by atoms with Gasteiger partial charge < -0.3 is 20.3 Å². The molecule has 4 aliphatic rings. The second-order valence-electron chi connectivity index (χ2n) is 10.5. The van der Waals surface area contributed by atoms with Crippen LogP contribution in [0.2, 0.25) is 0 Å². The van der Waals surface area contributed by atoms with Gasteiger partial charge in [-0.15, -0.1) is 5.92 Å². The number of nitrogens with one attached hydrogen (secondary N) is 1. The molecule has 0 bridgehead atoms. The van der Waals surface area contributed by atoms with E-state index in [1.807, 2.05) is 13.0 Å². The smallest absolute Gasteiger partial charge is 0.231 e. The van der Waals surface area contributed by atoms with Gasteiger partial charge in [0.25, 0.3) is 0 Å². The van der Waals surface area contributed by atoms with Crippen molar-refractivity contribution in [2.45, 2.75) is 70.8 Å². The first-order valence-corrected chi connectivity index (χ1v) is 13.3. The molecule has 0 radical (unpaired) electrons. The van der Waals surface area contributed by atoms with E-state index in [9.17, 15) is 5.11 Å². The lowest BCUT2D eigenvalue weighted by atomic mass is 9.51. The van der Waals surface area contributed by atoms with Crippen LogP contribution < -0.4 is 20.6 Å². The van der Waals surface area contributed by atoms with E-state index < -0.39 is 5.60 Å². The second-order valence-corrected chi connectivity index (χ2v) is 11.0. The molecule has 1 aliphatic heterocycles. The molecule has 3 aliphatic carbocycles. The quantitative estimate of drug-likeness (QED) is 0.233. The van der Waals surface area contributed by atoms with Crippen LogP contribution in [0.25, 0.3) is 0 Å². The average molecular weight is 506 g/mol. The summed E-state index contributed by atoms with van der Waals surface area (Å²) in [6, 6.07) is 6.33. The number of fused-ring (bicyclic) bond motifs is 4. The van der Waals surface area contributed by atoms with E-state index >= 15 is 0 Å². The number of benzene rings is 1. The minimum atomic E-state index is -0.964. The van der Waals surface area contributed by atoms with Gasteiger partial charge in [0.2, 0.25) is 6.79 Å². The number of rotatable bonds is 4. The Morgan fingerprint density at radius 3 is 2.89 bits per heavy atom. The zero-order chi connectivity index (χ0) is 25.5. The molecule has 5 rings (SSSR count). The molecule has 36 heavy (non-hydrogen) atoms. The molecule has 6 nitrogen and oxygen atoms in total. The van der Waals surface area contributed by atoms with Crippen molar-refractivity contribution in [2.75, 3.05) is 6.79 Å². The van der Waals surface area contributed by atoms with Crippen LogP contribution >= 0.6 is 12.2 Å². The summed E-state index contributed by atoms with van der Waals surface area (Å²) in [6.45, 7) is 6.60. The molecule has 1 unspecified atom stereocenters. The molecule has 2 fully saturated rings. The van der Waals surface area contributed by atoms with E-state index in [2.05, 4.69) is 54.4 Å². The Morgan fingerprint density at radius 1 is 1.33 bits per heavy atom. The summed E-state index contributed by atoms with van der Waals surface area (Å²) in [5.41, 5.74) is 12.4. The topological polar surface area (TPSA) is 89.1 Å². The maximum absolute atomic E-state index is 11.8. The van der Waals surface area contributed by atoms with Gasteiger partial charge in [0.15, 0.2) is 16.6 Å². The van der Waals surface area contributed by atoms with E-state index in [4.69, 9.17) is 27.4 Å². The summed E-state index contributed by atoms with van der Waals surface area (Å²) >= 11 is 4.86. The Kier molecular flexibility index (Phi) is 6.61. The normalized spacial score (nSPS) is 33.8. The maximum atomic E-state index is 11.8. The van der Waals surface area contributed by atoms with Crippen LogP contribution in [0.15, 0.2) is 46.1 Å². The van der Waals surface area contributed by atoms with Gasteiger partial charge in [-0.2, -0.15) is 5.10 Å². The van der Waals surface area contributed by atoms with E-state index in [0.29, 0.717) is 11.8 Å². The monoisotopic (exact) mass is 505 g/mol. The van der Waals surface area contributed by atoms with Gasteiger partial charge in [0.05, 0.1) is 0 Å². The zero-order valence-corrected chi connectivity index (χ0v) is 22.1. The number of nitrogens with zero attached hydrogens (tertiary/aromatic N) is 1. The molecule has 0 spiro atoms. The van der Waals surface area contributed by atoms with E-state index in [1.54, 1.807) is 6.21 Å². The lowest BCUT2D eigenvalue weighted by molar-refractivity contribution is -0.0513. The Bertz CT molecular complexity index is 1230. The summed E-state index contributed by atoms with van der Waals surface area (Å²) < 4.78 is 11.3. The van der Waals surface area contributed by atoms with Crippen molar-refractivity contribution in [3.8, 4) is 23.3 Å². The van der Waals surface area contributed by atoms with Crippen molar-refractivity contribution in [1.82, 2.24) is 5.43 Å². The minimum absolute atomic E-state index is 0.153. The highest BCUT2D eigenvalue weighted by atomic mass is 32.1. The number of thiocarbonyl (C=S) groups is 1. The van der Waals surface area contributed by atoms with Gasteiger partial charge in [0, 0.05) is 17.5 Å². The molecule has 7 heteroatoms. The van der Waals surface area contributed by atoms with Crippen molar-refractivity contribution < 1.29 is 14.6 Å². The fourth-order valence-electron chi connectivity index (χ4n) is 7.37. The van der Waals surface area contributed by atoms with Gasteiger partial charge in [0.1, 0.15) is 5.60 Å². The highest BCUT2D eigenvalue weighted by Crippen LogP contribution is 2.66. The van der Waals surface area contributed by atoms with Crippen molar-refractivity contribution in [3.05, 3.63) is 46.6 Å². The van der Waals surface area contributed by atoms with Crippen LogP contribution in [0.1, 0.15) is 70.8 Å². The Labute approximate surface area is 219 Å². The predicted octanol–water partition coefficient (Wildman–Crippen LogP) is 4.94. The third-order valence-electron chi connectivity index (χ3n) is 8.94. The first-order valence-electron chi connectivity index (χ1n) is 12.9. The van der Waals surface area contributed by atoms with Gasteiger partial charge in [-0.25, -0.2) is 0 Å². The SMILES string of the molecule is CC#C[C@]1(O)CC[C@H]2[C@@H]3CC/C(=C/C=N/NC(N)=S)C(CC)=C3C(c3ccc4c(c3)OCO4)C[C@@]21C. The molecule has 1 aromatic rings. The maximum Gasteiger partial charge on any atom is 0.231 e. The third-order valence-corrected chi connectivity index (χ3v) is 9.03. The predicted molar refractivity (Wildman–Crippen MR) is 146 cm³/mol. The molecule has 0 saturated heterocycles. The van der Waals surface area contributed by atoms with E-state index in [1.165, 1.54) is 22.3 Å². The van der Waals surface area contributed by atoms with Crippen LogP contribution in [-0.4, -0.2) is 28.8 Å². The zero-order valence-electron chi connectivity index (χ0n) is 21.3. The molecule has 1 aromatic carbocycles. The number of hydrogen-bond donors (Lipinski definition) is 3. The van der Waals surface area contributed by atoms with Crippen LogP contribution in [0.3, 0.4) is 0 Å². The standard InChI is InChI=1S/C29H35N3O3S/c1-4-12-29(33)13-10-23-21-8-6-18(11-14-31-32-27(30)36)20(5-2)26(21)22(16-28(23,29)3)19-7-9-24-25(15-19)35-17-34-24/h7,9,11,14-15,21-23,33H,5-6,8,10,13,16-17H2,1-3H3,(H3,30,32,36)/b18-11-,31-14+/t21-,22?,23-,28-,29-/m0/s1. The molecule has 1 heterocycles. The summed E-state index contributed by atoms with van der Waals surface area (Å²) in [6.07, 6.45) is 9.39. The fourth-order valence-corrected chi connectivity index (χ4v) is 7.42. The minimum Gasteiger partial charge on any atom is -0.454 e. The molecule has 5 atom stereocenters. The molecule has 0 amide bonds. The number of allylic oxidation sites excluding steroid dienone is 4. The first kappa shape index (κ1) is 24.9. The van der Waals surface area contributed by atoms with Crippen molar-refractivity contribution >= 4 is 23.5 Å². The number of aliphatic hydroxyl groups is 1. The summed E-state index contributed by atoms with van der Waals surface area (Å²) in [5.74, 6) is 8.84. The lowest BCUT2D eigenvalue weighted by Gasteiger charge is -2.53. The highest BCUT2D eigenvalue weighted by Gasteiger charge is 2.62. The second kappa shape index (κ2) is 9.57. The summed E-state index contributed by atoms with van der Waals surface area (Å²) in [4.78, 5) is 0. The lowest BCUT2D eigenvalue weighted by Crippen LogP contribution is -2.50. The molecule has 2 saturated carbocycles. The Balaban J connectivity index is 1.64. The van der Waals surface area contributed by atoms with Crippen LogP contribution in [0.5, 0.6) is 11.5 Å². The van der Waals surface area contributed by atoms with Crippen LogP contribution in [-0.2, 0) is 0 Å². The van der Waals surface area contributed by atoms with Crippen molar-refractivity contribution in [3.63, 3.8) is 0 Å². The van der Waals surface area contributed by atoms with Crippen molar-refractivity contribution in [2.24, 2.45) is 28.1 Å². The molecule has 190 valence electrons. The molecule has 0 aromatic heterocycles. The third kappa shape index (κ3) is 4.01. The van der Waals surface area contributed by atoms with E-state index in [0.717, 1.165) is 50.0 Å². The fraction of sp³-hybridized carbons (Fsp3) is 0.517. The average Bonchev–Trinajstić information content (AvgIpc) is 3.43. The summed E-state index contributed by atoms with van der Waals surface area (Å²) in [5, 5.41) is 16.1. The largest absolute Gasteiger partial charge is 0.454 e. The number of hydrogen-bond acceptors (Lipinski definition) is 5. The van der Waals surface area contributed by atoms with Gasteiger partial charge in [-0.1, -0.05) is 31.4 Å². The van der Waals surface area contributed by atoms with Crippen LogP contribution in [0, 0.1) is 29.1 Å². The van der Waals surface area contributed by atoms with Gasteiger partial charge in [-0.3, -0.25) is 5.43 Å². The van der Waals surface area contributed by atoms with Crippen molar-refractivity contribution in [1.29, 1.82) is 0 Å². The van der Waals surface area contributed by atoms with Gasteiger partial charge in [-0.05, 0) is 104 Å². The molecule has 4 N–H and O–H groups in total. The first-order chi connectivity index (χ1) is 17.3. The van der Waals surface area contributed by atoms with Gasteiger partial charge >= 0.3 is 0 Å². The number of ether oxygens (including phenoxy) is 2. The van der Waals surface area contributed by atoms with Crippen LogP contribution in [0.4, 0.5) is 0 Å². The summed E-state index contributed by atoms with van der Waals surface area (Å²) in [7, 11) is 0. The molecular formula is C29H35N3O3S. The molecular weight excluding hydrogens is 470 g/mol. The Hall–Kier alpha value is -2.82.